The topological polar surface area (TPSA) is 29.3 Å². The van der Waals surface area contributed by atoms with Gasteiger partial charge in [0, 0.05) is 28.3 Å². The second-order valence-electron chi connectivity index (χ2n) is 11.3. The van der Waals surface area contributed by atoms with Crippen LogP contribution < -0.4 is 4.90 Å². The van der Waals surface area contributed by atoms with Crippen molar-refractivity contribution in [3.8, 4) is 11.1 Å². The molecule has 9 aromatic rings. The molecule has 7 aromatic carbocycles. The van der Waals surface area contributed by atoms with Crippen molar-refractivity contribution in [3.05, 3.63) is 158 Å². The smallest absolute Gasteiger partial charge is 0.137 e. The van der Waals surface area contributed by atoms with Crippen LogP contribution in [0.25, 0.3) is 65.4 Å². The van der Waals surface area contributed by atoms with Gasteiger partial charge in [-0.2, -0.15) is 0 Å². The first-order valence-corrected chi connectivity index (χ1v) is 14.9. The van der Waals surface area contributed by atoms with E-state index in [0.29, 0.717) is 0 Å². The van der Waals surface area contributed by atoms with Gasteiger partial charge >= 0.3 is 0 Å². The van der Waals surface area contributed by atoms with Gasteiger partial charge in [0.05, 0.1) is 0 Å². The molecule has 0 spiro atoms. The minimum absolute atomic E-state index is 0.875. The number of hydrogen-bond donors (Lipinski definition) is 0. The van der Waals surface area contributed by atoms with Gasteiger partial charge in [0.25, 0.3) is 0 Å². The number of pyridine rings is 1. The van der Waals surface area contributed by atoms with E-state index in [1.54, 1.807) is 0 Å². The summed E-state index contributed by atoms with van der Waals surface area (Å²) >= 11 is 0. The van der Waals surface area contributed by atoms with Crippen LogP contribution in [0.2, 0.25) is 0 Å². The maximum absolute atomic E-state index is 6.17. The normalized spacial score (nSPS) is 11.6. The molecule has 3 nitrogen and oxygen atoms in total. The highest BCUT2D eigenvalue weighted by Gasteiger charge is 2.16. The Morgan fingerprint density at radius 3 is 1.98 bits per heavy atom. The summed E-state index contributed by atoms with van der Waals surface area (Å²) in [5, 5.41) is 9.46. The molecule has 0 amide bonds. The number of hydrogen-bond acceptors (Lipinski definition) is 3. The Balaban J connectivity index is 1.18. The van der Waals surface area contributed by atoms with Gasteiger partial charge in [-0.3, -0.25) is 4.90 Å². The maximum atomic E-state index is 6.17. The SMILES string of the molecule is c1ccc(-c2ccc3cc(N(c4ccc5c(ccc6cc7oc8ccccc8c7cc65)c4)c4ccccn4)ccc3c2)cc1. The van der Waals surface area contributed by atoms with E-state index < -0.39 is 0 Å². The van der Waals surface area contributed by atoms with Gasteiger partial charge < -0.3 is 4.42 Å². The lowest BCUT2D eigenvalue weighted by Crippen LogP contribution is -2.11. The molecule has 0 unspecified atom stereocenters. The van der Waals surface area contributed by atoms with Crippen LogP contribution in [0.3, 0.4) is 0 Å². The number of nitrogens with zero attached hydrogens (tertiary/aromatic N) is 2. The highest BCUT2D eigenvalue weighted by Crippen LogP contribution is 2.39. The second-order valence-corrected chi connectivity index (χ2v) is 11.3. The van der Waals surface area contributed by atoms with E-state index >= 15 is 0 Å². The molecule has 0 aliphatic carbocycles. The largest absolute Gasteiger partial charge is 0.456 e. The van der Waals surface area contributed by atoms with E-state index in [1.165, 1.54) is 43.4 Å². The maximum Gasteiger partial charge on any atom is 0.137 e. The van der Waals surface area contributed by atoms with Crippen molar-refractivity contribution in [3.63, 3.8) is 0 Å². The molecule has 0 aliphatic heterocycles. The summed E-state index contributed by atoms with van der Waals surface area (Å²) in [6.07, 6.45) is 1.85. The van der Waals surface area contributed by atoms with Crippen LogP contribution in [-0.4, -0.2) is 4.98 Å². The van der Waals surface area contributed by atoms with E-state index in [0.717, 1.165) is 39.1 Å². The van der Waals surface area contributed by atoms with Crippen LogP contribution in [0.5, 0.6) is 0 Å². The van der Waals surface area contributed by atoms with E-state index in [-0.39, 0.29) is 0 Å². The van der Waals surface area contributed by atoms with Crippen molar-refractivity contribution < 1.29 is 4.42 Å². The lowest BCUT2D eigenvalue weighted by molar-refractivity contribution is 0.669. The van der Waals surface area contributed by atoms with Crippen molar-refractivity contribution in [2.24, 2.45) is 0 Å². The summed E-state index contributed by atoms with van der Waals surface area (Å²) in [6.45, 7) is 0. The third-order valence-corrected chi connectivity index (χ3v) is 8.64. The minimum atomic E-state index is 0.875. The zero-order valence-corrected chi connectivity index (χ0v) is 23.8. The number of benzene rings is 7. The van der Waals surface area contributed by atoms with Crippen LogP contribution in [0, 0.1) is 0 Å². The summed E-state index contributed by atoms with van der Waals surface area (Å²) < 4.78 is 6.17. The molecular weight excluding hydrogens is 536 g/mol. The first kappa shape index (κ1) is 24.6. The summed E-state index contributed by atoms with van der Waals surface area (Å²) in [6, 6.07) is 53.7. The number of fused-ring (bicyclic) bond motifs is 7. The highest BCUT2D eigenvalue weighted by atomic mass is 16.3. The molecule has 206 valence electrons. The van der Waals surface area contributed by atoms with E-state index in [2.05, 4.69) is 132 Å². The lowest BCUT2D eigenvalue weighted by Gasteiger charge is -2.25. The Bertz CT molecular complexity index is 2500. The van der Waals surface area contributed by atoms with Gasteiger partial charge in [-0.1, -0.05) is 91.0 Å². The van der Waals surface area contributed by atoms with Gasteiger partial charge in [-0.25, -0.2) is 4.98 Å². The number of furan rings is 1. The fourth-order valence-electron chi connectivity index (χ4n) is 6.49. The van der Waals surface area contributed by atoms with Crippen molar-refractivity contribution in [1.82, 2.24) is 4.98 Å². The van der Waals surface area contributed by atoms with E-state index in [4.69, 9.17) is 9.40 Å². The zero-order chi connectivity index (χ0) is 29.0. The first-order valence-electron chi connectivity index (χ1n) is 14.9. The fraction of sp³-hybridized carbons (Fsp3) is 0. The zero-order valence-electron chi connectivity index (χ0n) is 23.8. The molecule has 2 heterocycles. The van der Waals surface area contributed by atoms with Crippen LogP contribution in [-0.2, 0) is 0 Å². The first-order chi connectivity index (χ1) is 21.8. The summed E-state index contributed by atoms with van der Waals surface area (Å²) in [7, 11) is 0. The quantitative estimate of drug-likeness (QED) is 0.200. The molecule has 0 radical (unpaired) electrons. The Morgan fingerprint density at radius 2 is 1.11 bits per heavy atom. The standard InChI is InChI=1S/C41H26N2O/c1-2-8-27(9-3-1)28-13-14-30-23-33(18-17-29(30)22-28)43(41-12-6-7-21-42-41)34-19-20-35-31(24-34)15-16-32-25-40-38(26-37(32)35)36-10-4-5-11-39(36)44-40/h1-26H. The van der Waals surface area contributed by atoms with Crippen LogP contribution in [0.4, 0.5) is 17.2 Å². The van der Waals surface area contributed by atoms with E-state index in [9.17, 15) is 0 Å². The Labute approximate surface area is 254 Å². The monoisotopic (exact) mass is 562 g/mol. The molecule has 2 aromatic heterocycles. The molecular formula is C41H26N2O. The fourth-order valence-corrected chi connectivity index (χ4v) is 6.49. The van der Waals surface area contributed by atoms with Crippen molar-refractivity contribution in [2.45, 2.75) is 0 Å². The van der Waals surface area contributed by atoms with Gasteiger partial charge in [0.2, 0.25) is 0 Å². The number of rotatable bonds is 4. The average molecular weight is 563 g/mol. The molecule has 0 saturated heterocycles. The molecule has 0 bridgehead atoms. The molecule has 3 heteroatoms. The summed E-state index contributed by atoms with van der Waals surface area (Å²) in [5.74, 6) is 0.875. The van der Waals surface area contributed by atoms with Gasteiger partial charge in [0.15, 0.2) is 0 Å². The molecule has 44 heavy (non-hydrogen) atoms. The highest BCUT2D eigenvalue weighted by molar-refractivity contribution is 6.16. The number of anilines is 3. The Hall–Kier alpha value is -5.93. The second kappa shape index (κ2) is 9.82. The summed E-state index contributed by atoms with van der Waals surface area (Å²) in [5.41, 5.74) is 6.40. The van der Waals surface area contributed by atoms with Crippen LogP contribution >= 0.6 is 0 Å². The summed E-state index contributed by atoms with van der Waals surface area (Å²) in [4.78, 5) is 7.01. The predicted octanol–water partition coefficient (Wildman–Crippen LogP) is 11.6. The van der Waals surface area contributed by atoms with Gasteiger partial charge in [-0.15, -0.1) is 0 Å². The lowest BCUT2D eigenvalue weighted by atomic mass is 9.99. The number of aromatic nitrogens is 1. The molecule has 0 atom stereocenters. The van der Waals surface area contributed by atoms with Crippen LogP contribution in [0.15, 0.2) is 162 Å². The van der Waals surface area contributed by atoms with Crippen molar-refractivity contribution in [1.29, 1.82) is 0 Å². The molecule has 9 rings (SSSR count). The Kier molecular flexibility index (Phi) is 5.50. The third-order valence-electron chi connectivity index (χ3n) is 8.64. The van der Waals surface area contributed by atoms with E-state index in [1.807, 2.05) is 30.5 Å². The molecule has 0 N–H and O–H groups in total. The molecule has 0 aliphatic rings. The molecule has 0 saturated carbocycles. The average Bonchev–Trinajstić information content (AvgIpc) is 3.45. The Morgan fingerprint density at radius 1 is 0.409 bits per heavy atom. The predicted molar refractivity (Wildman–Crippen MR) is 184 cm³/mol. The van der Waals surface area contributed by atoms with Gasteiger partial charge in [-0.05, 0) is 104 Å². The number of para-hydroxylation sites is 1. The molecule has 0 fully saturated rings. The van der Waals surface area contributed by atoms with Crippen molar-refractivity contribution in [2.75, 3.05) is 4.90 Å². The van der Waals surface area contributed by atoms with Gasteiger partial charge in [0.1, 0.15) is 17.0 Å². The third kappa shape index (κ3) is 4.02. The van der Waals surface area contributed by atoms with Crippen LogP contribution in [0.1, 0.15) is 0 Å². The van der Waals surface area contributed by atoms with Crippen molar-refractivity contribution >= 4 is 71.4 Å². The minimum Gasteiger partial charge on any atom is -0.456 e.